The zero-order chi connectivity index (χ0) is 16.1. The standard InChI is InChI=1S/C19H18N2O2/c1-12-9-14-10-13(7-8-17(14)20(12)2)11-21-18(22)15-5-3-4-6-16(15)19(21)23/h3-10,18,22H,11H2,1-2H3/t18-/m0/s1. The Morgan fingerprint density at radius 3 is 2.70 bits per heavy atom. The summed E-state index contributed by atoms with van der Waals surface area (Å²) in [5.41, 5.74) is 4.67. The molecule has 4 nitrogen and oxygen atoms in total. The monoisotopic (exact) mass is 306 g/mol. The van der Waals surface area contributed by atoms with E-state index in [0.717, 1.165) is 10.9 Å². The van der Waals surface area contributed by atoms with E-state index in [2.05, 4.69) is 29.7 Å². The molecule has 0 bridgehead atoms. The highest BCUT2D eigenvalue weighted by Gasteiger charge is 2.34. The van der Waals surface area contributed by atoms with Gasteiger partial charge in [0.15, 0.2) is 6.23 Å². The van der Waals surface area contributed by atoms with Crippen LogP contribution in [-0.2, 0) is 13.6 Å². The van der Waals surface area contributed by atoms with Crippen molar-refractivity contribution in [2.45, 2.75) is 19.7 Å². The van der Waals surface area contributed by atoms with Gasteiger partial charge in [-0.1, -0.05) is 24.3 Å². The van der Waals surface area contributed by atoms with Crippen LogP contribution in [0.25, 0.3) is 10.9 Å². The zero-order valence-corrected chi connectivity index (χ0v) is 13.2. The highest BCUT2D eigenvalue weighted by molar-refractivity contribution is 5.98. The van der Waals surface area contributed by atoms with E-state index < -0.39 is 6.23 Å². The fourth-order valence-corrected chi connectivity index (χ4v) is 3.34. The van der Waals surface area contributed by atoms with Crippen molar-refractivity contribution >= 4 is 16.8 Å². The minimum atomic E-state index is -0.869. The molecule has 1 N–H and O–H groups in total. The molecule has 2 aromatic carbocycles. The molecule has 1 aliphatic heterocycles. The van der Waals surface area contributed by atoms with Crippen LogP contribution < -0.4 is 0 Å². The van der Waals surface area contributed by atoms with Crippen molar-refractivity contribution in [1.29, 1.82) is 0 Å². The van der Waals surface area contributed by atoms with Gasteiger partial charge in [0, 0.05) is 41.3 Å². The second-order valence-corrected chi connectivity index (χ2v) is 6.13. The summed E-state index contributed by atoms with van der Waals surface area (Å²) in [6, 6.07) is 15.6. The molecular formula is C19H18N2O2. The lowest BCUT2D eigenvalue weighted by Crippen LogP contribution is -2.27. The number of amides is 1. The topological polar surface area (TPSA) is 45.5 Å². The lowest BCUT2D eigenvalue weighted by molar-refractivity contribution is 0.0137. The molecule has 0 saturated heterocycles. The first-order chi connectivity index (χ1) is 11.1. The smallest absolute Gasteiger partial charge is 0.256 e. The number of rotatable bonds is 2. The van der Waals surface area contributed by atoms with Crippen LogP contribution in [0.3, 0.4) is 0 Å². The minimum absolute atomic E-state index is 0.113. The summed E-state index contributed by atoms with van der Waals surface area (Å²) < 4.78 is 2.14. The van der Waals surface area contributed by atoms with Crippen molar-refractivity contribution in [1.82, 2.24) is 9.47 Å². The largest absolute Gasteiger partial charge is 0.369 e. The van der Waals surface area contributed by atoms with Crippen LogP contribution in [0.2, 0.25) is 0 Å². The van der Waals surface area contributed by atoms with Crippen LogP contribution in [0.4, 0.5) is 0 Å². The maximum Gasteiger partial charge on any atom is 0.256 e. The molecule has 1 aliphatic rings. The number of aliphatic hydroxyl groups excluding tert-OH is 1. The fourth-order valence-electron chi connectivity index (χ4n) is 3.34. The van der Waals surface area contributed by atoms with E-state index in [1.165, 1.54) is 16.1 Å². The molecular weight excluding hydrogens is 288 g/mol. The van der Waals surface area contributed by atoms with Crippen LogP contribution in [-0.4, -0.2) is 20.5 Å². The number of carbonyl (C=O) groups excluding carboxylic acids is 1. The molecule has 0 unspecified atom stereocenters. The van der Waals surface area contributed by atoms with Gasteiger partial charge >= 0.3 is 0 Å². The van der Waals surface area contributed by atoms with Crippen molar-refractivity contribution in [2.75, 3.05) is 0 Å². The summed E-state index contributed by atoms with van der Waals surface area (Å²) in [6.45, 7) is 2.47. The van der Waals surface area contributed by atoms with E-state index in [1.54, 1.807) is 6.07 Å². The maximum absolute atomic E-state index is 12.5. The van der Waals surface area contributed by atoms with E-state index in [9.17, 15) is 9.90 Å². The van der Waals surface area contributed by atoms with Crippen molar-refractivity contribution in [2.24, 2.45) is 7.05 Å². The number of benzene rings is 2. The average molecular weight is 306 g/mol. The van der Waals surface area contributed by atoms with Crippen LogP contribution >= 0.6 is 0 Å². The summed E-state index contributed by atoms with van der Waals surface area (Å²) in [5, 5.41) is 11.6. The van der Waals surface area contributed by atoms with Gasteiger partial charge in [-0.15, -0.1) is 0 Å². The first kappa shape index (κ1) is 14.0. The number of aromatic nitrogens is 1. The van der Waals surface area contributed by atoms with Crippen molar-refractivity contribution in [3.05, 3.63) is 70.9 Å². The Balaban J connectivity index is 1.68. The lowest BCUT2D eigenvalue weighted by Gasteiger charge is -2.21. The first-order valence-corrected chi connectivity index (χ1v) is 7.69. The quantitative estimate of drug-likeness (QED) is 0.790. The van der Waals surface area contributed by atoms with E-state index in [1.807, 2.05) is 31.3 Å². The molecule has 0 fully saturated rings. The van der Waals surface area contributed by atoms with Gasteiger partial charge in [-0.2, -0.15) is 0 Å². The van der Waals surface area contributed by atoms with Crippen LogP contribution in [0.15, 0.2) is 48.5 Å². The van der Waals surface area contributed by atoms with Gasteiger partial charge in [0.1, 0.15) is 0 Å². The Kier molecular flexibility index (Phi) is 3.03. The SMILES string of the molecule is Cc1cc2cc(CN3C(=O)c4ccccc4[C@@H]3O)ccc2n1C. The third-order valence-corrected chi connectivity index (χ3v) is 4.73. The Labute approximate surface area is 134 Å². The second-order valence-electron chi connectivity index (χ2n) is 6.13. The predicted octanol–water partition coefficient (Wildman–Crippen LogP) is 3.13. The third-order valence-electron chi connectivity index (χ3n) is 4.73. The predicted molar refractivity (Wildman–Crippen MR) is 88.9 cm³/mol. The van der Waals surface area contributed by atoms with Gasteiger partial charge in [0.2, 0.25) is 0 Å². The molecule has 0 saturated carbocycles. The molecule has 4 heteroatoms. The summed E-state index contributed by atoms with van der Waals surface area (Å²) >= 11 is 0. The molecule has 0 radical (unpaired) electrons. The summed E-state index contributed by atoms with van der Waals surface area (Å²) in [7, 11) is 2.04. The lowest BCUT2D eigenvalue weighted by atomic mass is 10.1. The van der Waals surface area contributed by atoms with Crippen LogP contribution in [0, 0.1) is 6.92 Å². The van der Waals surface area contributed by atoms with Gasteiger partial charge in [-0.05, 0) is 36.8 Å². The number of hydrogen-bond donors (Lipinski definition) is 1. The van der Waals surface area contributed by atoms with Crippen LogP contribution in [0.5, 0.6) is 0 Å². The van der Waals surface area contributed by atoms with E-state index in [4.69, 9.17) is 0 Å². The van der Waals surface area contributed by atoms with Crippen molar-refractivity contribution in [3.63, 3.8) is 0 Å². The van der Waals surface area contributed by atoms with Gasteiger partial charge in [0.05, 0.1) is 0 Å². The number of aliphatic hydroxyl groups is 1. The van der Waals surface area contributed by atoms with E-state index in [0.29, 0.717) is 17.7 Å². The third kappa shape index (κ3) is 2.06. The molecule has 2 heterocycles. The fraction of sp³-hybridized carbons (Fsp3) is 0.211. The normalized spacial score (nSPS) is 17.1. The number of aryl methyl sites for hydroxylation is 2. The molecule has 116 valence electrons. The Morgan fingerprint density at radius 2 is 1.91 bits per heavy atom. The van der Waals surface area contributed by atoms with Crippen molar-refractivity contribution in [3.8, 4) is 0 Å². The highest BCUT2D eigenvalue weighted by Crippen LogP contribution is 2.33. The first-order valence-electron chi connectivity index (χ1n) is 7.69. The number of nitrogens with zero attached hydrogens (tertiary/aromatic N) is 2. The number of hydrogen-bond acceptors (Lipinski definition) is 2. The molecule has 1 atom stereocenters. The molecule has 4 rings (SSSR count). The Morgan fingerprint density at radius 1 is 1.13 bits per heavy atom. The van der Waals surface area contributed by atoms with Gasteiger partial charge in [0.25, 0.3) is 5.91 Å². The van der Waals surface area contributed by atoms with Gasteiger partial charge in [-0.3, -0.25) is 4.79 Å². The molecule has 3 aromatic rings. The van der Waals surface area contributed by atoms with E-state index >= 15 is 0 Å². The average Bonchev–Trinajstić information content (AvgIpc) is 2.97. The maximum atomic E-state index is 12.5. The molecule has 0 aliphatic carbocycles. The minimum Gasteiger partial charge on any atom is -0.369 e. The molecule has 1 aromatic heterocycles. The second kappa shape index (κ2) is 4.96. The zero-order valence-electron chi connectivity index (χ0n) is 13.2. The summed E-state index contributed by atoms with van der Waals surface area (Å²) in [4.78, 5) is 14.0. The Bertz CT molecular complexity index is 926. The number of carbonyl (C=O) groups is 1. The summed E-state index contributed by atoms with van der Waals surface area (Å²) in [5.74, 6) is -0.113. The van der Waals surface area contributed by atoms with Gasteiger partial charge in [-0.25, -0.2) is 0 Å². The molecule has 0 spiro atoms. The van der Waals surface area contributed by atoms with Crippen molar-refractivity contribution < 1.29 is 9.90 Å². The summed E-state index contributed by atoms with van der Waals surface area (Å²) in [6.07, 6.45) is -0.869. The Hall–Kier alpha value is -2.59. The molecule has 23 heavy (non-hydrogen) atoms. The van der Waals surface area contributed by atoms with E-state index in [-0.39, 0.29) is 5.91 Å². The van der Waals surface area contributed by atoms with Gasteiger partial charge < -0.3 is 14.6 Å². The molecule has 1 amide bonds. The highest BCUT2D eigenvalue weighted by atomic mass is 16.3. The van der Waals surface area contributed by atoms with Crippen LogP contribution in [0.1, 0.15) is 33.4 Å². The number of fused-ring (bicyclic) bond motifs is 2.